The van der Waals surface area contributed by atoms with Gasteiger partial charge in [-0.05, 0) is 25.5 Å². The molecule has 2 N–H and O–H groups in total. The lowest BCUT2D eigenvalue weighted by atomic mass is 10.1. The molecule has 0 bridgehead atoms. The van der Waals surface area contributed by atoms with Crippen molar-refractivity contribution in [2.75, 3.05) is 0 Å². The Hall–Kier alpha value is -0.960. The number of aromatic amines is 1. The highest BCUT2D eigenvalue weighted by Gasteiger charge is 1.97. The Morgan fingerprint density at radius 2 is 2.27 bits per heavy atom. The molecule has 11 heavy (non-hydrogen) atoms. The van der Waals surface area contributed by atoms with E-state index in [-0.39, 0.29) is 0 Å². The molecule has 0 aromatic carbocycles. The minimum absolute atomic E-state index is 0.509. The average molecular weight is 166 g/mol. The van der Waals surface area contributed by atoms with Crippen LogP contribution in [-0.2, 0) is 0 Å². The summed E-state index contributed by atoms with van der Waals surface area (Å²) in [7, 11) is 0. The third-order valence-corrected chi connectivity index (χ3v) is 1.79. The number of rotatable bonds is 1. The van der Waals surface area contributed by atoms with Crippen LogP contribution in [0.25, 0.3) is 0 Å². The minimum atomic E-state index is 0.509. The monoisotopic (exact) mass is 166 g/mol. The number of hydrogen-bond acceptors (Lipinski definition) is 2. The Balaban J connectivity index is 3.35. The van der Waals surface area contributed by atoms with Gasteiger partial charge in [0, 0.05) is 17.5 Å². The molecule has 58 valence electrons. The third-order valence-electron chi connectivity index (χ3n) is 1.45. The van der Waals surface area contributed by atoms with Crippen LogP contribution in [-0.4, -0.2) is 10.7 Å². The number of pyridine rings is 1. The van der Waals surface area contributed by atoms with Crippen LogP contribution >= 0.6 is 12.2 Å². The van der Waals surface area contributed by atoms with Crippen molar-refractivity contribution in [3.8, 4) is 0 Å². The molecule has 0 amide bonds. The average Bonchev–Trinajstić information content (AvgIpc) is 1.94. The standard InChI is InChI=1S/C8H10N2S/c1-5-3-7(6(2)9)8(11)10-4-5/h3-4,9H,1-2H3,(H,10,11). The lowest BCUT2D eigenvalue weighted by molar-refractivity contribution is 1.23. The van der Waals surface area contributed by atoms with Crippen LogP contribution < -0.4 is 0 Å². The molecule has 1 aromatic rings. The molecule has 1 heterocycles. The molecule has 0 aliphatic carbocycles. The molecule has 0 unspecified atom stereocenters. The molecule has 0 aliphatic rings. The maximum atomic E-state index is 7.39. The van der Waals surface area contributed by atoms with Crippen molar-refractivity contribution in [3.05, 3.63) is 28.0 Å². The Morgan fingerprint density at radius 1 is 1.64 bits per heavy atom. The van der Waals surface area contributed by atoms with E-state index in [0.29, 0.717) is 10.4 Å². The summed E-state index contributed by atoms with van der Waals surface area (Å²) < 4.78 is 0.642. The van der Waals surface area contributed by atoms with Gasteiger partial charge in [-0.2, -0.15) is 0 Å². The fraction of sp³-hybridized carbons (Fsp3) is 0.250. The molecule has 0 atom stereocenters. The lowest BCUT2D eigenvalue weighted by Crippen LogP contribution is -1.95. The van der Waals surface area contributed by atoms with Crippen molar-refractivity contribution in [3.63, 3.8) is 0 Å². The fourth-order valence-corrected chi connectivity index (χ4v) is 1.14. The van der Waals surface area contributed by atoms with Crippen LogP contribution in [0.15, 0.2) is 12.3 Å². The third kappa shape index (κ3) is 1.74. The number of hydrogen-bond donors (Lipinski definition) is 2. The first-order chi connectivity index (χ1) is 5.11. The zero-order chi connectivity index (χ0) is 8.43. The first-order valence-electron chi connectivity index (χ1n) is 3.36. The first kappa shape index (κ1) is 8.14. The van der Waals surface area contributed by atoms with Crippen molar-refractivity contribution >= 4 is 17.9 Å². The van der Waals surface area contributed by atoms with Gasteiger partial charge in [0.05, 0.1) is 0 Å². The van der Waals surface area contributed by atoms with Gasteiger partial charge in [0.15, 0.2) is 0 Å². The van der Waals surface area contributed by atoms with Crippen LogP contribution in [0.5, 0.6) is 0 Å². The van der Waals surface area contributed by atoms with Crippen molar-refractivity contribution in [2.45, 2.75) is 13.8 Å². The summed E-state index contributed by atoms with van der Waals surface area (Å²) in [6, 6.07) is 1.92. The maximum Gasteiger partial charge on any atom is 0.112 e. The van der Waals surface area contributed by atoms with Gasteiger partial charge in [-0.3, -0.25) is 0 Å². The summed E-state index contributed by atoms with van der Waals surface area (Å²) in [4.78, 5) is 2.92. The van der Waals surface area contributed by atoms with E-state index in [9.17, 15) is 0 Å². The van der Waals surface area contributed by atoms with Gasteiger partial charge in [-0.25, -0.2) is 0 Å². The highest BCUT2D eigenvalue weighted by Crippen LogP contribution is 2.04. The predicted octanol–water partition coefficient (Wildman–Crippen LogP) is 2.44. The second-order valence-corrected chi connectivity index (χ2v) is 2.95. The van der Waals surface area contributed by atoms with Gasteiger partial charge in [0.25, 0.3) is 0 Å². The van der Waals surface area contributed by atoms with Gasteiger partial charge in [-0.1, -0.05) is 12.2 Å². The summed E-state index contributed by atoms with van der Waals surface area (Å²) in [5.41, 5.74) is 2.43. The smallest absolute Gasteiger partial charge is 0.112 e. The molecule has 0 radical (unpaired) electrons. The van der Waals surface area contributed by atoms with Crippen LogP contribution in [0.2, 0.25) is 0 Å². The Labute approximate surface area is 70.8 Å². The zero-order valence-electron chi connectivity index (χ0n) is 6.56. The topological polar surface area (TPSA) is 39.6 Å². The van der Waals surface area contributed by atoms with Crippen LogP contribution in [0.3, 0.4) is 0 Å². The van der Waals surface area contributed by atoms with E-state index in [4.69, 9.17) is 17.6 Å². The van der Waals surface area contributed by atoms with Gasteiger partial charge >= 0.3 is 0 Å². The largest absolute Gasteiger partial charge is 0.352 e. The predicted molar refractivity (Wildman–Crippen MR) is 48.9 cm³/mol. The molecule has 1 rings (SSSR count). The molecule has 0 saturated carbocycles. The van der Waals surface area contributed by atoms with E-state index in [1.54, 1.807) is 6.92 Å². The molecule has 3 heteroatoms. The number of aryl methyl sites for hydroxylation is 1. The minimum Gasteiger partial charge on any atom is -0.352 e. The normalized spacial score (nSPS) is 9.64. The SMILES string of the molecule is CC(=N)c1cc(C)c[nH]c1=S. The zero-order valence-corrected chi connectivity index (χ0v) is 7.38. The van der Waals surface area contributed by atoms with E-state index in [1.165, 1.54) is 0 Å². The van der Waals surface area contributed by atoms with Gasteiger partial charge < -0.3 is 10.4 Å². The second-order valence-electron chi connectivity index (χ2n) is 2.54. The van der Waals surface area contributed by atoms with Crippen molar-refractivity contribution in [1.29, 1.82) is 5.41 Å². The van der Waals surface area contributed by atoms with E-state index in [0.717, 1.165) is 11.1 Å². The molecular weight excluding hydrogens is 156 g/mol. The quantitative estimate of drug-likeness (QED) is 0.488. The molecule has 0 saturated heterocycles. The Kier molecular flexibility index (Phi) is 2.19. The van der Waals surface area contributed by atoms with Crippen LogP contribution in [0, 0.1) is 17.0 Å². The van der Waals surface area contributed by atoms with Gasteiger partial charge in [0.2, 0.25) is 0 Å². The van der Waals surface area contributed by atoms with E-state index in [2.05, 4.69) is 4.98 Å². The Bertz CT molecular complexity index is 338. The highest BCUT2D eigenvalue weighted by molar-refractivity contribution is 7.71. The molecular formula is C8H10N2S. The summed E-state index contributed by atoms with van der Waals surface area (Å²) in [5, 5.41) is 7.39. The summed E-state index contributed by atoms with van der Waals surface area (Å²) in [6.07, 6.45) is 1.84. The molecule has 1 aromatic heterocycles. The van der Waals surface area contributed by atoms with Crippen molar-refractivity contribution in [2.24, 2.45) is 0 Å². The van der Waals surface area contributed by atoms with E-state index < -0.39 is 0 Å². The first-order valence-corrected chi connectivity index (χ1v) is 3.77. The van der Waals surface area contributed by atoms with Crippen LogP contribution in [0.4, 0.5) is 0 Å². The molecule has 0 spiro atoms. The summed E-state index contributed by atoms with van der Waals surface area (Å²) in [6.45, 7) is 3.70. The molecule has 0 aliphatic heterocycles. The van der Waals surface area contributed by atoms with Crippen molar-refractivity contribution in [1.82, 2.24) is 4.98 Å². The highest BCUT2D eigenvalue weighted by atomic mass is 32.1. The lowest BCUT2D eigenvalue weighted by Gasteiger charge is -1.99. The van der Waals surface area contributed by atoms with Crippen LogP contribution in [0.1, 0.15) is 18.1 Å². The van der Waals surface area contributed by atoms with E-state index in [1.807, 2.05) is 19.2 Å². The Morgan fingerprint density at radius 3 is 2.73 bits per heavy atom. The second kappa shape index (κ2) is 2.96. The molecule has 0 fully saturated rings. The number of nitrogens with one attached hydrogen (secondary N) is 2. The molecule has 2 nitrogen and oxygen atoms in total. The summed E-state index contributed by atoms with van der Waals surface area (Å²) >= 11 is 4.99. The maximum absolute atomic E-state index is 7.39. The van der Waals surface area contributed by atoms with Gasteiger partial charge in [-0.15, -0.1) is 0 Å². The van der Waals surface area contributed by atoms with Gasteiger partial charge in [0.1, 0.15) is 4.64 Å². The number of H-pyrrole nitrogens is 1. The van der Waals surface area contributed by atoms with E-state index >= 15 is 0 Å². The van der Waals surface area contributed by atoms with Crippen molar-refractivity contribution < 1.29 is 0 Å². The fourth-order valence-electron chi connectivity index (χ4n) is 0.871. The number of aromatic nitrogens is 1. The summed E-state index contributed by atoms with van der Waals surface area (Å²) in [5.74, 6) is 0.